The molecule has 1 aliphatic carbocycles. The fourth-order valence-electron chi connectivity index (χ4n) is 3.74. The Balaban J connectivity index is 0.00000169. The van der Waals surface area contributed by atoms with E-state index in [1.165, 1.54) is 5.69 Å². The Morgan fingerprint density at radius 1 is 1.17 bits per heavy atom. The fourth-order valence-corrected chi connectivity index (χ4v) is 3.74. The van der Waals surface area contributed by atoms with Crippen LogP contribution < -0.4 is 5.73 Å². The van der Waals surface area contributed by atoms with Crippen LogP contribution >= 0.6 is 12.4 Å². The summed E-state index contributed by atoms with van der Waals surface area (Å²) in [6.07, 6.45) is 5.02. The number of fused-ring (bicyclic) bond motifs is 1. The molecular weight excluding hydrogens is 324 g/mol. The summed E-state index contributed by atoms with van der Waals surface area (Å²) < 4.78 is 1.96. The number of nitrogens with two attached hydrogens (primary N) is 1. The third-order valence-corrected chi connectivity index (χ3v) is 4.88. The molecule has 0 spiro atoms. The first-order valence-corrected chi connectivity index (χ1v) is 8.45. The number of nitrogens with zero attached hydrogens (tertiary/aromatic N) is 3. The van der Waals surface area contributed by atoms with E-state index in [0.717, 1.165) is 49.9 Å². The van der Waals surface area contributed by atoms with Crippen molar-refractivity contribution in [1.82, 2.24) is 14.7 Å². The standard InChI is InChI=1S/C18H22N4O.ClH/c19-13-6-5-11-21(12-13)18(23)17-15-9-4-10-16(15)22(20-17)14-7-2-1-3-8-14;/h1-3,7-8,13H,4-6,9-12,19H2;1H. The van der Waals surface area contributed by atoms with Gasteiger partial charge in [0.2, 0.25) is 0 Å². The smallest absolute Gasteiger partial charge is 0.274 e. The van der Waals surface area contributed by atoms with Crippen LogP contribution in [-0.2, 0) is 12.8 Å². The fraction of sp³-hybridized carbons (Fsp3) is 0.444. The highest BCUT2D eigenvalue weighted by molar-refractivity contribution is 5.94. The predicted molar refractivity (Wildman–Crippen MR) is 95.9 cm³/mol. The number of benzene rings is 1. The highest BCUT2D eigenvalue weighted by Crippen LogP contribution is 2.29. The van der Waals surface area contributed by atoms with Gasteiger partial charge in [0.05, 0.1) is 5.69 Å². The molecule has 0 saturated carbocycles. The highest BCUT2D eigenvalue weighted by Gasteiger charge is 2.31. The van der Waals surface area contributed by atoms with Crippen LogP contribution in [0.4, 0.5) is 0 Å². The lowest BCUT2D eigenvalue weighted by Gasteiger charge is -2.30. The summed E-state index contributed by atoms with van der Waals surface area (Å²) >= 11 is 0. The first-order chi connectivity index (χ1) is 11.2. The van der Waals surface area contributed by atoms with E-state index in [1.54, 1.807) is 0 Å². The molecule has 24 heavy (non-hydrogen) atoms. The Morgan fingerprint density at radius 2 is 1.96 bits per heavy atom. The van der Waals surface area contributed by atoms with Crippen molar-refractivity contribution < 1.29 is 4.79 Å². The third-order valence-electron chi connectivity index (χ3n) is 4.88. The molecular formula is C18H23ClN4O. The van der Waals surface area contributed by atoms with Crippen LogP contribution in [0.15, 0.2) is 30.3 Å². The van der Waals surface area contributed by atoms with E-state index in [-0.39, 0.29) is 24.4 Å². The lowest BCUT2D eigenvalue weighted by atomic mass is 10.1. The summed E-state index contributed by atoms with van der Waals surface area (Å²) in [6, 6.07) is 10.2. The summed E-state index contributed by atoms with van der Waals surface area (Å²) in [7, 11) is 0. The number of halogens is 1. The van der Waals surface area contributed by atoms with Crippen LogP contribution in [0.3, 0.4) is 0 Å². The van der Waals surface area contributed by atoms with Crippen LogP contribution in [0.5, 0.6) is 0 Å². The van der Waals surface area contributed by atoms with E-state index >= 15 is 0 Å². The number of aromatic nitrogens is 2. The molecule has 4 rings (SSSR count). The zero-order chi connectivity index (χ0) is 15.8. The zero-order valence-electron chi connectivity index (χ0n) is 13.6. The molecule has 1 saturated heterocycles. The van der Waals surface area contributed by atoms with Crippen molar-refractivity contribution in [2.75, 3.05) is 13.1 Å². The Morgan fingerprint density at radius 3 is 2.71 bits per heavy atom. The van der Waals surface area contributed by atoms with Crippen molar-refractivity contribution in [1.29, 1.82) is 0 Å². The molecule has 0 bridgehead atoms. The van der Waals surface area contributed by atoms with Crippen LogP contribution in [0, 0.1) is 0 Å². The predicted octanol–water partition coefficient (Wildman–Crippen LogP) is 2.35. The molecule has 1 atom stereocenters. The highest BCUT2D eigenvalue weighted by atomic mass is 35.5. The van der Waals surface area contributed by atoms with Gasteiger partial charge in [0.25, 0.3) is 5.91 Å². The minimum absolute atomic E-state index is 0. The van der Waals surface area contributed by atoms with Gasteiger partial charge in [-0.3, -0.25) is 4.79 Å². The number of piperidine rings is 1. The van der Waals surface area contributed by atoms with E-state index < -0.39 is 0 Å². The molecule has 1 fully saturated rings. The van der Waals surface area contributed by atoms with Crippen LogP contribution in [0.1, 0.15) is 41.0 Å². The van der Waals surface area contributed by atoms with Crippen molar-refractivity contribution in [3.05, 3.63) is 47.3 Å². The van der Waals surface area contributed by atoms with Crippen molar-refractivity contribution >= 4 is 18.3 Å². The van der Waals surface area contributed by atoms with Gasteiger partial charge in [-0.2, -0.15) is 5.10 Å². The summed E-state index contributed by atoms with van der Waals surface area (Å²) in [5, 5.41) is 4.69. The van der Waals surface area contributed by atoms with E-state index in [0.29, 0.717) is 12.2 Å². The monoisotopic (exact) mass is 346 g/mol. The van der Waals surface area contributed by atoms with Gasteiger partial charge in [-0.25, -0.2) is 4.68 Å². The number of amides is 1. The van der Waals surface area contributed by atoms with Gasteiger partial charge in [0.15, 0.2) is 5.69 Å². The third kappa shape index (κ3) is 2.94. The van der Waals surface area contributed by atoms with E-state index in [4.69, 9.17) is 5.73 Å². The van der Waals surface area contributed by atoms with Crippen LogP contribution in [-0.4, -0.2) is 39.7 Å². The molecule has 2 N–H and O–H groups in total. The number of carbonyl (C=O) groups excluding carboxylic acids is 1. The first kappa shape index (κ1) is 17.0. The van der Waals surface area contributed by atoms with Gasteiger partial charge in [-0.15, -0.1) is 12.4 Å². The maximum atomic E-state index is 12.9. The summed E-state index contributed by atoms with van der Waals surface area (Å²) in [5.74, 6) is 0.0491. The maximum absolute atomic E-state index is 12.9. The van der Waals surface area contributed by atoms with Crippen molar-refractivity contribution in [3.63, 3.8) is 0 Å². The normalized spacial score (nSPS) is 19.7. The van der Waals surface area contributed by atoms with Crippen LogP contribution in [0.25, 0.3) is 5.69 Å². The van der Waals surface area contributed by atoms with Crippen LogP contribution in [0.2, 0.25) is 0 Å². The van der Waals surface area contributed by atoms with Gasteiger partial charge in [0, 0.05) is 30.4 Å². The van der Waals surface area contributed by atoms with E-state index in [1.807, 2.05) is 39.9 Å². The maximum Gasteiger partial charge on any atom is 0.274 e. The lowest BCUT2D eigenvalue weighted by Crippen LogP contribution is -2.46. The average Bonchev–Trinajstić information content (AvgIpc) is 3.17. The molecule has 1 amide bonds. The van der Waals surface area contributed by atoms with Gasteiger partial charge in [0.1, 0.15) is 0 Å². The molecule has 1 unspecified atom stereocenters. The number of carbonyl (C=O) groups is 1. The number of hydrogen-bond acceptors (Lipinski definition) is 3. The second kappa shape index (κ2) is 6.95. The van der Waals surface area contributed by atoms with Crippen molar-refractivity contribution in [3.8, 4) is 5.69 Å². The van der Waals surface area contributed by atoms with Gasteiger partial charge < -0.3 is 10.6 Å². The molecule has 2 aliphatic rings. The lowest BCUT2D eigenvalue weighted by molar-refractivity contribution is 0.0701. The van der Waals surface area contributed by atoms with Gasteiger partial charge in [-0.05, 0) is 44.2 Å². The van der Waals surface area contributed by atoms with E-state index in [9.17, 15) is 4.79 Å². The molecule has 6 heteroatoms. The van der Waals surface area contributed by atoms with E-state index in [2.05, 4.69) is 5.10 Å². The number of likely N-dealkylation sites (tertiary alicyclic amines) is 1. The minimum atomic E-state index is 0. The largest absolute Gasteiger partial charge is 0.336 e. The first-order valence-electron chi connectivity index (χ1n) is 8.45. The Hall–Kier alpha value is -1.85. The summed E-state index contributed by atoms with van der Waals surface area (Å²) in [4.78, 5) is 14.8. The number of rotatable bonds is 2. The average molecular weight is 347 g/mol. The molecule has 0 radical (unpaired) electrons. The number of para-hydroxylation sites is 1. The zero-order valence-corrected chi connectivity index (χ0v) is 14.5. The minimum Gasteiger partial charge on any atom is -0.336 e. The SMILES string of the molecule is Cl.NC1CCCN(C(=O)c2nn(-c3ccccc3)c3c2CCC3)C1. The molecule has 2 heterocycles. The molecule has 2 aromatic rings. The number of hydrogen-bond donors (Lipinski definition) is 1. The second-order valence-corrected chi connectivity index (χ2v) is 6.53. The van der Waals surface area contributed by atoms with Gasteiger partial charge >= 0.3 is 0 Å². The molecule has 1 aromatic heterocycles. The summed E-state index contributed by atoms with van der Waals surface area (Å²) in [5.41, 5.74) is 10.0. The Labute approximate surface area is 148 Å². The van der Waals surface area contributed by atoms with Crippen molar-refractivity contribution in [2.24, 2.45) is 5.73 Å². The Kier molecular flexibility index (Phi) is 4.92. The summed E-state index contributed by atoms with van der Waals surface area (Å²) in [6.45, 7) is 1.44. The molecule has 1 aromatic carbocycles. The Bertz CT molecular complexity index is 728. The quantitative estimate of drug-likeness (QED) is 0.907. The molecule has 128 valence electrons. The van der Waals surface area contributed by atoms with Crippen molar-refractivity contribution in [2.45, 2.75) is 38.1 Å². The topological polar surface area (TPSA) is 64.2 Å². The second-order valence-electron chi connectivity index (χ2n) is 6.53. The molecule has 1 aliphatic heterocycles. The van der Waals surface area contributed by atoms with Gasteiger partial charge in [-0.1, -0.05) is 18.2 Å². The molecule has 5 nitrogen and oxygen atoms in total.